The highest BCUT2D eigenvalue weighted by molar-refractivity contribution is 6.35. The fraction of sp³-hybridized carbons (Fsp3) is 0.263. The SMILES string of the molecule is O=C1Cc2cccc(Cl)c2N1c1c(C(F)(F)F)ccc2cc(C3CC3)nn12. The molecule has 3 heterocycles. The molecule has 1 saturated carbocycles. The molecule has 0 saturated heterocycles. The minimum Gasteiger partial charge on any atom is -0.274 e. The van der Waals surface area contributed by atoms with Gasteiger partial charge in [-0.3, -0.25) is 9.69 Å². The van der Waals surface area contributed by atoms with Crippen LogP contribution in [-0.4, -0.2) is 15.5 Å². The molecule has 0 N–H and O–H groups in total. The first-order valence-electron chi connectivity index (χ1n) is 8.55. The maximum absolute atomic E-state index is 13.8. The minimum atomic E-state index is -4.64. The molecule has 1 fully saturated rings. The van der Waals surface area contributed by atoms with Crippen molar-refractivity contribution in [3.63, 3.8) is 0 Å². The van der Waals surface area contributed by atoms with Crippen molar-refractivity contribution >= 4 is 34.5 Å². The van der Waals surface area contributed by atoms with Crippen molar-refractivity contribution in [2.75, 3.05) is 4.90 Å². The number of para-hydroxylation sites is 1. The number of hydrogen-bond acceptors (Lipinski definition) is 2. The standard InChI is InChI=1S/C19H13ClF3N3O/c20-14-3-1-2-11-8-16(27)25(17(11)14)18-13(19(21,22)23)7-6-12-9-15(10-4-5-10)24-26(12)18/h1-3,6-7,9-10H,4-5,8H2. The zero-order chi connectivity index (χ0) is 18.9. The van der Waals surface area contributed by atoms with Crippen molar-refractivity contribution in [1.29, 1.82) is 0 Å². The van der Waals surface area contributed by atoms with Crippen molar-refractivity contribution in [2.45, 2.75) is 31.4 Å². The number of aromatic nitrogens is 2. The van der Waals surface area contributed by atoms with Crippen molar-refractivity contribution in [2.24, 2.45) is 0 Å². The van der Waals surface area contributed by atoms with Gasteiger partial charge < -0.3 is 0 Å². The lowest BCUT2D eigenvalue weighted by atomic mass is 10.1. The number of alkyl halides is 3. The highest BCUT2D eigenvalue weighted by atomic mass is 35.5. The first-order valence-corrected chi connectivity index (χ1v) is 8.92. The van der Waals surface area contributed by atoms with Crippen LogP contribution < -0.4 is 4.90 Å². The molecule has 1 amide bonds. The molecule has 4 nitrogen and oxygen atoms in total. The van der Waals surface area contributed by atoms with Crippen LogP contribution in [0.25, 0.3) is 5.52 Å². The summed E-state index contributed by atoms with van der Waals surface area (Å²) in [4.78, 5) is 13.8. The maximum Gasteiger partial charge on any atom is 0.419 e. The van der Waals surface area contributed by atoms with Gasteiger partial charge in [-0.1, -0.05) is 23.7 Å². The predicted octanol–water partition coefficient (Wildman–Crippen LogP) is 5.10. The van der Waals surface area contributed by atoms with Gasteiger partial charge in [0, 0.05) is 5.92 Å². The first kappa shape index (κ1) is 16.6. The van der Waals surface area contributed by atoms with Crippen molar-refractivity contribution in [3.8, 4) is 0 Å². The van der Waals surface area contributed by atoms with Gasteiger partial charge in [-0.2, -0.15) is 18.3 Å². The van der Waals surface area contributed by atoms with E-state index < -0.39 is 17.6 Å². The van der Waals surface area contributed by atoms with Gasteiger partial charge in [-0.15, -0.1) is 0 Å². The Bertz CT molecular complexity index is 1100. The first-order chi connectivity index (χ1) is 12.8. The third-order valence-corrected chi connectivity index (χ3v) is 5.32. The monoisotopic (exact) mass is 391 g/mol. The van der Waals surface area contributed by atoms with E-state index in [1.807, 2.05) is 0 Å². The Kier molecular flexibility index (Phi) is 3.37. The molecule has 2 aliphatic rings. The van der Waals surface area contributed by atoms with Gasteiger partial charge in [0.1, 0.15) is 0 Å². The van der Waals surface area contributed by atoms with Gasteiger partial charge in [0.15, 0.2) is 5.82 Å². The van der Waals surface area contributed by atoms with Gasteiger partial charge in [0.2, 0.25) is 5.91 Å². The van der Waals surface area contributed by atoms with Crippen LogP contribution >= 0.6 is 11.6 Å². The number of rotatable bonds is 2. The summed E-state index contributed by atoms with van der Waals surface area (Å²) in [6.07, 6.45) is -2.69. The Morgan fingerprint density at radius 1 is 1.15 bits per heavy atom. The molecule has 3 aromatic rings. The number of carbonyl (C=O) groups is 1. The molecular weight excluding hydrogens is 379 g/mol. The van der Waals surface area contributed by atoms with Crippen LogP contribution in [0.15, 0.2) is 36.4 Å². The van der Waals surface area contributed by atoms with E-state index in [4.69, 9.17) is 11.6 Å². The largest absolute Gasteiger partial charge is 0.419 e. The van der Waals surface area contributed by atoms with E-state index >= 15 is 0 Å². The molecule has 1 aliphatic carbocycles. The highest BCUT2D eigenvalue weighted by Gasteiger charge is 2.42. The normalized spacial score (nSPS) is 17.0. The third-order valence-electron chi connectivity index (χ3n) is 5.02. The molecule has 1 aliphatic heterocycles. The molecule has 0 unspecified atom stereocenters. The molecule has 27 heavy (non-hydrogen) atoms. The molecule has 138 valence electrons. The quantitative estimate of drug-likeness (QED) is 0.609. The topological polar surface area (TPSA) is 37.6 Å². The number of benzene rings is 1. The predicted molar refractivity (Wildman–Crippen MR) is 94.5 cm³/mol. The molecule has 0 spiro atoms. The van der Waals surface area contributed by atoms with E-state index in [0.717, 1.165) is 29.5 Å². The molecule has 1 aromatic carbocycles. The molecule has 5 rings (SSSR count). The van der Waals surface area contributed by atoms with E-state index in [1.54, 1.807) is 24.3 Å². The summed E-state index contributed by atoms with van der Waals surface area (Å²) in [5, 5.41) is 4.64. The van der Waals surface area contributed by atoms with E-state index in [1.165, 1.54) is 10.6 Å². The molecule has 0 bridgehead atoms. The van der Waals surface area contributed by atoms with Crippen molar-refractivity contribution in [3.05, 3.63) is 58.2 Å². The summed E-state index contributed by atoms with van der Waals surface area (Å²) in [7, 11) is 0. The van der Waals surface area contributed by atoms with Gasteiger partial charge >= 0.3 is 6.18 Å². The van der Waals surface area contributed by atoms with Crippen LogP contribution in [0.3, 0.4) is 0 Å². The summed E-state index contributed by atoms with van der Waals surface area (Å²) in [6, 6.07) is 9.13. The van der Waals surface area contributed by atoms with E-state index in [2.05, 4.69) is 5.10 Å². The van der Waals surface area contributed by atoms with Crippen LogP contribution in [0, 0.1) is 0 Å². The van der Waals surface area contributed by atoms with Crippen molar-refractivity contribution in [1.82, 2.24) is 9.61 Å². The summed E-state index contributed by atoms with van der Waals surface area (Å²) in [5.41, 5.74) is 1.26. The summed E-state index contributed by atoms with van der Waals surface area (Å²) >= 11 is 6.26. The lowest BCUT2D eigenvalue weighted by Crippen LogP contribution is -2.27. The van der Waals surface area contributed by atoms with Gasteiger partial charge in [-0.25, -0.2) is 4.52 Å². The maximum atomic E-state index is 13.8. The van der Waals surface area contributed by atoms with Gasteiger partial charge in [-0.05, 0) is 42.7 Å². The second kappa shape index (κ2) is 5.48. The van der Waals surface area contributed by atoms with Crippen molar-refractivity contribution < 1.29 is 18.0 Å². The molecule has 2 aromatic heterocycles. The van der Waals surface area contributed by atoms with Crippen LogP contribution in [0.4, 0.5) is 24.7 Å². The number of pyridine rings is 1. The van der Waals surface area contributed by atoms with E-state index in [9.17, 15) is 18.0 Å². The Morgan fingerprint density at radius 3 is 2.63 bits per heavy atom. The zero-order valence-electron chi connectivity index (χ0n) is 13.9. The average molecular weight is 392 g/mol. The number of amides is 1. The van der Waals surface area contributed by atoms with Crippen LogP contribution in [0.5, 0.6) is 0 Å². The number of halogens is 4. The Labute approximate surface area is 157 Å². The smallest absolute Gasteiger partial charge is 0.274 e. The minimum absolute atomic E-state index is 0.000326. The van der Waals surface area contributed by atoms with Crippen LogP contribution in [-0.2, 0) is 17.4 Å². The number of nitrogens with zero attached hydrogens (tertiary/aromatic N) is 3. The van der Waals surface area contributed by atoms with Crippen LogP contribution in [0.2, 0.25) is 5.02 Å². The Hall–Kier alpha value is -2.54. The Balaban J connectivity index is 1.82. The summed E-state index contributed by atoms with van der Waals surface area (Å²) in [6.45, 7) is 0. The van der Waals surface area contributed by atoms with E-state index in [0.29, 0.717) is 16.8 Å². The lowest BCUT2D eigenvalue weighted by molar-refractivity contribution is -0.137. The average Bonchev–Trinajstić information content (AvgIpc) is 3.26. The molecular formula is C19H13ClF3N3O. The zero-order valence-corrected chi connectivity index (χ0v) is 14.7. The number of carbonyl (C=O) groups excluding carboxylic acids is 1. The Morgan fingerprint density at radius 2 is 1.93 bits per heavy atom. The highest BCUT2D eigenvalue weighted by Crippen LogP contribution is 2.46. The fourth-order valence-corrected chi connectivity index (χ4v) is 3.90. The van der Waals surface area contributed by atoms with Crippen LogP contribution in [0.1, 0.15) is 35.6 Å². The fourth-order valence-electron chi connectivity index (χ4n) is 3.62. The van der Waals surface area contributed by atoms with Gasteiger partial charge in [0.25, 0.3) is 0 Å². The molecule has 0 atom stereocenters. The number of anilines is 2. The second-order valence-corrected chi connectivity index (χ2v) is 7.31. The second-order valence-electron chi connectivity index (χ2n) is 6.90. The van der Waals surface area contributed by atoms with E-state index in [-0.39, 0.29) is 23.2 Å². The number of fused-ring (bicyclic) bond motifs is 2. The summed E-state index contributed by atoms with van der Waals surface area (Å²) < 4.78 is 42.6. The molecule has 0 radical (unpaired) electrons. The molecule has 8 heteroatoms. The number of hydrogen-bond donors (Lipinski definition) is 0. The summed E-state index contributed by atoms with van der Waals surface area (Å²) in [5.74, 6) is -0.486. The van der Waals surface area contributed by atoms with Gasteiger partial charge in [0.05, 0.1) is 33.9 Å². The third kappa shape index (κ3) is 2.52. The lowest BCUT2D eigenvalue weighted by Gasteiger charge is -2.23.